The fourth-order valence-electron chi connectivity index (χ4n) is 3.03. The fourth-order valence-corrected chi connectivity index (χ4v) is 3.03. The zero-order chi connectivity index (χ0) is 18.0. The van der Waals surface area contributed by atoms with Gasteiger partial charge in [-0.15, -0.1) is 0 Å². The smallest absolute Gasteiger partial charge is 0.355 e. The third-order valence-electron chi connectivity index (χ3n) is 4.18. The minimum atomic E-state index is -0.665. The van der Waals surface area contributed by atoms with Crippen LogP contribution >= 0.6 is 0 Å². The van der Waals surface area contributed by atoms with E-state index in [0.29, 0.717) is 24.2 Å². The van der Waals surface area contributed by atoms with Crippen molar-refractivity contribution in [3.05, 3.63) is 40.6 Å². The summed E-state index contributed by atoms with van der Waals surface area (Å²) in [6.07, 6.45) is 0.607. The molecule has 25 heavy (non-hydrogen) atoms. The SMILES string of the molecule is COC(=O)C1=C(C(=O)OC)N(c2cccc3c2CCNC3=O)COC1. The van der Waals surface area contributed by atoms with E-state index in [9.17, 15) is 14.4 Å². The molecule has 132 valence electrons. The standard InChI is InChI=1S/C17H18N2O6/c1-23-16(21)12-8-25-9-19(14(12)17(22)24-2)13-5-3-4-11-10(13)6-7-18-15(11)20/h3-5H,6-9H2,1-2H3,(H,18,20). The summed E-state index contributed by atoms with van der Waals surface area (Å²) >= 11 is 0. The number of carbonyl (C=O) groups is 3. The molecule has 0 atom stereocenters. The van der Waals surface area contributed by atoms with Crippen molar-refractivity contribution in [2.24, 2.45) is 0 Å². The van der Waals surface area contributed by atoms with E-state index in [4.69, 9.17) is 14.2 Å². The third-order valence-corrected chi connectivity index (χ3v) is 4.18. The molecule has 0 saturated carbocycles. The van der Waals surface area contributed by atoms with Gasteiger partial charge in [-0.3, -0.25) is 4.79 Å². The normalized spacial score (nSPS) is 16.9. The topological polar surface area (TPSA) is 94.2 Å². The number of carbonyl (C=O) groups excluding carboxylic acids is 3. The average molecular weight is 346 g/mol. The summed E-state index contributed by atoms with van der Waals surface area (Å²) in [5.74, 6) is -1.49. The van der Waals surface area contributed by atoms with E-state index in [-0.39, 0.29) is 30.5 Å². The second kappa shape index (κ2) is 6.94. The lowest BCUT2D eigenvalue weighted by Gasteiger charge is -2.33. The molecule has 0 unspecified atom stereocenters. The fraction of sp³-hybridized carbons (Fsp3) is 0.353. The third kappa shape index (κ3) is 2.96. The van der Waals surface area contributed by atoms with Crippen LogP contribution in [0.5, 0.6) is 0 Å². The Morgan fingerprint density at radius 3 is 2.68 bits per heavy atom. The first-order valence-corrected chi connectivity index (χ1v) is 7.73. The van der Waals surface area contributed by atoms with E-state index >= 15 is 0 Å². The molecule has 0 aliphatic carbocycles. The van der Waals surface area contributed by atoms with Crippen molar-refractivity contribution in [3.63, 3.8) is 0 Å². The summed E-state index contributed by atoms with van der Waals surface area (Å²) < 4.78 is 15.1. The molecular weight excluding hydrogens is 328 g/mol. The minimum absolute atomic E-state index is 0.0525. The molecule has 0 saturated heterocycles. The van der Waals surface area contributed by atoms with Crippen LogP contribution in [-0.4, -0.2) is 51.9 Å². The molecule has 8 nitrogen and oxygen atoms in total. The van der Waals surface area contributed by atoms with Gasteiger partial charge in [-0.05, 0) is 24.1 Å². The molecule has 1 aromatic rings. The number of nitrogens with zero attached hydrogens (tertiary/aromatic N) is 1. The van der Waals surface area contributed by atoms with Gasteiger partial charge in [-0.1, -0.05) is 6.07 Å². The Labute approximate surface area is 144 Å². The number of methoxy groups -OCH3 is 2. The van der Waals surface area contributed by atoms with Crippen molar-refractivity contribution in [2.75, 3.05) is 39.0 Å². The van der Waals surface area contributed by atoms with Gasteiger partial charge in [0.1, 0.15) is 12.4 Å². The van der Waals surface area contributed by atoms with E-state index in [1.54, 1.807) is 23.1 Å². The molecule has 0 spiro atoms. The molecule has 0 radical (unpaired) electrons. The van der Waals surface area contributed by atoms with Gasteiger partial charge in [-0.2, -0.15) is 0 Å². The molecule has 3 rings (SSSR count). The Bertz CT molecular complexity index is 770. The second-order valence-corrected chi connectivity index (χ2v) is 5.53. The van der Waals surface area contributed by atoms with Gasteiger partial charge in [0.2, 0.25) is 0 Å². The van der Waals surface area contributed by atoms with Crippen molar-refractivity contribution >= 4 is 23.5 Å². The van der Waals surface area contributed by atoms with Gasteiger partial charge >= 0.3 is 11.9 Å². The van der Waals surface area contributed by atoms with Crippen molar-refractivity contribution in [3.8, 4) is 0 Å². The highest BCUT2D eigenvalue weighted by Crippen LogP contribution is 2.32. The van der Waals surface area contributed by atoms with Gasteiger partial charge in [0.05, 0.1) is 26.4 Å². The molecule has 0 fully saturated rings. The second-order valence-electron chi connectivity index (χ2n) is 5.53. The average Bonchev–Trinajstić information content (AvgIpc) is 2.66. The van der Waals surface area contributed by atoms with Crippen LogP contribution in [0, 0.1) is 0 Å². The van der Waals surface area contributed by atoms with E-state index in [1.165, 1.54) is 14.2 Å². The van der Waals surface area contributed by atoms with Crippen LogP contribution in [0.4, 0.5) is 5.69 Å². The summed E-state index contributed by atoms with van der Waals surface area (Å²) in [6, 6.07) is 5.23. The lowest BCUT2D eigenvalue weighted by atomic mass is 9.97. The van der Waals surface area contributed by atoms with Gasteiger partial charge in [0.25, 0.3) is 5.91 Å². The largest absolute Gasteiger partial charge is 0.466 e. The maximum Gasteiger partial charge on any atom is 0.355 e. The van der Waals surface area contributed by atoms with Crippen LogP contribution in [0.1, 0.15) is 15.9 Å². The number of amides is 1. The highest BCUT2D eigenvalue weighted by molar-refractivity contribution is 6.04. The molecule has 2 aliphatic heterocycles. The number of anilines is 1. The van der Waals surface area contributed by atoms with E-state index in [2.05, 4.69) is 5.32 Å². The number of ether oxygens (including phenoxy) is 3. The van der Waals surface area contributed by atoms with Gasteiger partial charge < -0.3 is 24.4 Å². The van der Waals surface area contributed by atoms with E-state index in [1.807, 2.05) is 0 Å². The quantitative estimate of drug-likeness (QED) is 0.790. The Balaban J connectivity index is 2.15. The maximum atomic E-state index is 12.3. The molecule has 1 amide bonds. The number of benzene rings is 1. The van der Waals surface area contributed by atoms with E-state index < -0.39 is 11.9 Å². The van der Waals surface area contributed by atoms with Crippen LogP contribution in [0.3, 0.4) is 0 Å². The van der Waals surface area contributed by atoms with Crippen molar-refractivity contribution < 1.29 is 28.6 Å². The Morgan fingerprint density at radius 1 is 1.20 bits per heavy atom. The molecule has 0 aromatic heterocycles. The van der Waals surface area contributed by atoms with Crippen molar-refractivity contribution in [1.82, 2.24) is 5.32 Å². The molecule has 1 N–H and O–H groups in total. The van der Waals surface area contributed by atoms with Gasteiger partial charge in [0.15, 0.2) is 0 Å². The van der Waals surface area contributed by atoms with Crippen LogP contribution < -0.4 is 10.2 Å². The molecule has 0 bridgehead atoms. The molecule has 8 heteroatoms. The molecule has 1 aromatic carbocycles. The van der Waals surface area contributed by atoms with Crippen molar-refractivity contribution in [2.45, 2.75) is 6.42 Å². The number of rotatable bonds is 3. The highest BCUT2D eigenvalue weighted by Gasteiger charge is 2.34. The van der Waals surface area contributed by atoms with Crippen LogP contribution in [-0.2, 0) is 30.2 Å². The minimum Gasteiger partial charge on any atom is -0.466 e. The number of hydrogen-bond acceptors (Lipinski definition) is 7. The zero-order valence-electron chi connectivity index (χ0n) is 14.0. The zero-order valence-corrected chi connectivity index (χ0v) is 14.0. The Hall–Kier alpha value is -2.87. The van der Waals surface area contributed by atoms with Crippen LogP contribution in [0.15, 0.2) is 29.5 Å². The Kier molecular flexibility index (Phi) is 4.71. The summed E-state index contributed by atoms with van der Waals surface area (Å²) in [5, 5.41) is 2.78. The van der Waals surface area contributed by atoms with Crippen LogP contribution in [0.2, 0.25) is 0 Å². The number of fused-ring (bicyclic) bond motifs is 1. The first kappa shape index (κ1) is 17.0. The monoisotopic (exact) mass is 346 g/mol. The van der Waals surface area contributed by atoms with Gasteiger partial charge in [-0.25, -0.2) is 9.59 Å². The first-order chi connectivity index (χ1) is 12.1. The Morgan fingerprint density at radius 2 is 1.96 bits per heavy atom. The summed E-state index contributed by atoms with van der Waals surface area (Å²) in [7, 11) is 2.48. The lowest BCUT2D eigenvalue weighted by Crippen LogP contribution is -2.40. The highest BCUT2D eigenvalue weighted by atomic mass is 16.5. The predicted molar refractivity (Wildman–Crippen MR) is 86.8 cm³/mol. The molecular formula is C17H18N2O6. The summed E-state index contributed by atoms with van der Waals surface area (Å²) in [6.45, 7) is 0.505. The van der Waals surface area contributed by atoms with Gasteiger partial charge in [0, 0.05) is 17.8 Å². The maximum absolute atomic E-state index is 12.3. The summed E-state index contributed by atoms with van der Waals surface area (Å²) in [5.41, 5.74) is 2.12. The molecule has 2 heterocycles. The first-order valence-electron chi connectivity index (χ1n) is 7.73. The summed E-state index contributed by atoms with van der Waals surface area (Å²) in [4.78, 5) is 38.0. The molecule has 2 aliphatic rings. The van der Waals surface area contributed by atoms with E-state index in [0.717, 1.165) is 5.56 Å². The number of esters is 2. The van der Waals surface area contributed by atoms with Crippen molar-refractivity contribution in [1.29, 1.82) is 0 Å². The van der Waals surface area contributed by atoms with Crippen LogP contribution in [0.25, 0.3) is 0 Å². The number of nitrogens with one attached hydrogen (secondary N) is 1. The predicted octanol–water partition coefficient (Wildman–Crippen LogP) is 0.367. The number of hydrogen-bond donors (Lipinski definition) is 1. The lowest BCUT2D eigenvalue weighted by molar-refractivity contribution is -0.140.